The Morgan fingerprint density at radius 3 is 2.46 bits per heavy atom. The van der Waals surface area contributed by atoms with Crippen LogP contribution >= 0.6 is 0 Å². The summed E-state index contributed by atoms with van der Waals surface area (Å²) < 4.78 is 10.8. The van der Waals surface area contributed by atoms with E-state index in [4.69, 9.17) is 9.47 Å². The largest absolute Gasteiger partial charge is 0.497 e. The van der Waals surface area contributed by atoms with Crippen molar-refractivity contribution in [3.8, 4) is 11.5 Å². The Hall–Kier alpha value is -2.53. The number of methoxy groups -OCH3 is 1. The molecule has 1 unspecified atom stereocenters. The van der Waals surface area contributed by atoms with E-state index in [1.807, 2.05) is 62.6 Å². The van der Waals surface area contributed by atoms with E-state index in [-0.39, 0.29) is 18.6 Å². The van der Waals surface area contributed by atoms with Gasteiger partial charge in [0.25, 0.3) is 5.91 Å². The van der Waals surface area contributed by atoms with E-state index in [1.165, 1.54) is 5.56 Å². The Bertz CT molecular complexity index is 699. The van der Waals surface area contributed by atoms with Crippen LogP contribution in [0.5, 0.6) is 11.5 Å². The highest BCUT2D eigenvalue weighted by Gasteiger charge is 2.15. The minimum Gasteiger partial charge on any atom is -0.497 e. The summed E-state index contributed by atoms with van der Waals surface area (Å²) in [6.45, 7) is 2.61. The van der Waals surface area contributed by atoms with Crippen molar-refractivity contribution >= 4 is 5.91 Å². The molecule has 26 heavy (non-hydrogen) atoms. The number of carbonyl (C=O) groups is 1. The first-order valence-electron chi connectivity index (χ1n) is 8.82. The molecule has 0 saturated carbocycles. The quantitative estimate of drug-likeness (QED) is 0.750. The average molecular weight is 356 g/mol. The molecule has 2 rings (SSSR count). The van der Waals surface area contributed by atoms with Crippen LogP contribution in [0.15, 0.2) is 48.5 Å². The predicted octanol–water partition coefficient (Wildman–Crippen LogP) is 3.06. The second-order valence-corrected chi connectivity index (χ2v) is 6.35. The molecule has 2 aromatic rings. The lowest BCUT2D eigenvalue weighted by Gasteiger charge is -2.25. The molecular weight excluding hydrogens is 328 g/mol. The summed E-state index contributed by atoms with van der Waals surface area (Å²) in [4.78, 5) is 14.2. The van der Waals surface area contributed by atoms with Crippen LogP contribution in [0.2, 0.25) is 0 Å². The summed E-state index contributed by atoms with van der Waals surface area (Å²) in [5.41, 5.74) is 2.31. The first-order chi connectivity index (χ1) is 12.5. The third kappa shape index (κ3) is 5.77. The first-order valence-corrected chi connectivity index (χ1v) is 8.82. The molecule has 0 spiro atoms. The number of rotatable bonds is 9. The first kappa shape index (κ1) is 19.8. The van der Waals surface area contributed by atoms with Crippen LogP contribution in [0.3, 0.4) is 0 Å². The van der Waals surface area contributed by atoms with Gasteiger partial charge >= 0.3 is 0 Å². The van der Waals surface area contributed by atoms with Crippen LogP contribution in [0.25, 0.3) is 0 Å². The molecule has 0 heterocycles. The van der Waals surface area contributed by atoms with Crippen molar-refractivity contribution in [3.63, 3.8) is 0 Å². The highest BCUT2D eigenvalue weighted by molar-refractivity contribution is 5.77. The van der Waals surface area contributed by atoms with E-state index in [2.05, 4.69) is 17.1 Å². The lowest BCUT2D eigenvalue weighted by atomic mass is 10.1. The molecule has 2 aromatic carbocycles. The van der Waals surface area contributed by atoms with Crippen molar-refractivity contribution in [2.24, 2.45) is 0 Å². The standard InChI is InChI=1S/C21H28N2O3/c1-5-16-7-6-8-19(13-16)26-15-21(24)22-14-20(23(2)3)17-9-11-18(25-4)12-10-17/h6-13,20H,5,14-15H2,1-4H3,(H,22,24). The average Bonchev–Trinajstić information content (AvgIpc) is 2.67. The Morgan fingerprint density at radius 2 is 1.85 bits per heavy atom. The normalized spacial score (nSPS) is 11.9. The molecule has 0 fully saturated rings. The third-order valence-electron chi connectivity index (χ3n) is 4.29. The second-order valence-electron chi connectivity index (χ2n) is 6.35. The number of amides is 1. The number of nitrogens with zero attached hydrogens (tertiary/aromatic N) is 1. The highest BCUT2D eigenvalue weighted by atomic mass is 16.5. The molecule has 5 heteroatoms. The Kier molecular flexibility index (Phi) is 7.48. The molecule has 0 bridgehead atoms. The van der Waals surface area contributed by atoms with E-state index in [1.54, 1.807) is 7.11 Å². The van der Waals surface area contributed by atoms with Gasteiger partial charge in [0, 0.05) is 6.54 Å². The SMILES string of the molecule is CCc1cccc(OCC(=O)NCC(c2ccc(OC)cc2)N(C)C)c1. The molecular formula is C21H28N2O3. The Balaban J connectivity index is 1.88. The topological polar surface area (TPSA) is 50.8 Å². The van der Waals surface area contributed by atoms with Gasteiger partial charge in [0.15, 0.2) is 6.61 Å². The number of ether oxygens (including phenoxy) is 2. The zero-order valence-corrected chi connectivity index (χ0v) is 16.0. The number of hydrogen-bond donors (Lipinski definition) is 1. The van der Waals surface area contributed by atoms with Crippen molar-refractivity contribution in [2.75, 3.05) is 34.4 Å². The molecule has 5 nitrogen and oxygen atoms in total. The lowest BCUT2D eigenvalue weighted by Crippen LogP contribution is -2.36. The van der Waals surface area contributed by atoms with Gasteiger partial charge in [-0.1, -0.05) is 31.2 Å². The monoisotopic (exact) mass is 356 g/mol. The van der Waals surface area contributed by atoms with Crippen molar-refractivity contribution in [1.82, 2.24) is 10.2 Å². The van der Waals surface area contributed by atoms with Crippen molar-refractivity contribution in [1.29, 1.82) is 0 Å². The maximum absolute atomic E-state index is 12.2. The molecule has 0 aromatic heterocycles. The van der Waals surface area contributed by atoms with E-state index < -0.39 is 0 Å². The van der Waals surface area contributed by atoms with E-state index >= 15 is 0 Å². The zero-order valence-electron chi connectivity index (χ0n) is 16.0. The minimum absolute atomic E-state index is 0.00985. The summed E-state index contributed by atoms with van der Waals surface area (Å²) in [6.07, 6.45) is 0.940. The summed E-state index contributed by atoms with van der Waals surface area (Å²) in [7, 11) is 5.64. The van der Waals surface area contributed by atoms with Crippen LogP contribution in [-0.4, -0.2) is 45.2 Å². The molecule has 0 aliphatic heterocycles. The predicted molar refractivity (Wildman–Crippen MR) is 104 cm³/mol. The molecule has 1 atom stereocenters. The fourth-order valence-corrected chi connectivity index (χ4v) is 2.69. The number of aryl methyl sites for hydroxylation is 1. The smallest absolute Gasteiger partial charge is 0.258 e. The van der Waals surface area contributed by atoms with Gasteiger partial charge < -0.3 is 19.7 Å². The third-order valence-corrected chi connectivity index (χ3v) is 4.29. The van der Waals surface area contributed by atoms with Crippen LogP contribution in [0, 0.1) is 0 Å². The summed E-state index contributed by atoms with van der Waals surface area (Å²) in [5, 5.41) is 2.95. The second kappa shape index (κ2) is 9.82. The molecule has 1 amide bonds. The molecule has 140 valence electrons. The number of hydrogen-bond acceptors (Lipinski definition) is 4. The van der Waals surface area contributed by atoms with Gasteiger partial charge in [-0.05, 0) is 55.9 Å². The molecule has 0 radical (unpaired) electrons. The number of likely N-dealkylation sites (N-methyl/N-ethyl adjacent to an activating group) is 1. The maximum atomic E-state index is 12.2. The van der Waals surface area contributed by atoms with Gasteiger partial charge in [0.2, 0.25) is 0 Å². The van der Waals surface area contributed by atoms with Gasteiger partial charge in [0.1, 0.15) is 11.5 Å². The summed E-state index contributed by atoms with van der Waals surface area (Å²) in [6, 6.07) is 15.8. The van der Waals surface area contributed by atoms with Crippen LogP contribution < -0.4 is 14.8 Å². The number of benzene rings is 2. The fourth-order valence-electron chi connectivity index (χ4n) is 2.69. The number of nitrogens with one attached hydrogen (secondary N) is 1. The van der Waals surface area contributed by atoms with Gasteiger partial charge in [-0.3, -0.25) is 4.79 Å². The minimum atomic E-state index is -0.132. The van der Waals surface area contributed by atoms with E-state index in [9.17, 15) is 4.79 Å². The molecule has 0 saturated heterocycles. The van der Waals surface area contributed by atoms with E-state index in [0.717, 1.165) is 23.5 Å². The summed E-state index contributed by atoms with van der Waals surface area (Å²) in [5.74, 6) is 1.41. The highest BCUT2D eigenvalue weighted by Crippen LogP contribution is 2.20. The van der Waals surface area contributed by atoms with Gasteiger partial charge in [-0.15, -0.1) is 0 Å². The van der Waals surface area contributed by atoms with Gasteiger partial charge in [-0.25, -0.2) is 0 Å². The van der Waals surface area contributed by atoms with Gasteiger partial charge in [0.05, 0.1) is 13.2 Å². The Labute approximate surface area is 155 Å². The number of carbonyl (C=O) groups excluding carboxylic acids is 1. The fraction of sp³-hybridized carbons (Fsp3) is 0.381. The zero-order chi connectivity index (χ0) is 18.9. The van der Waals surface area contributed by atoms with Crippen LogP contribution in [0.4, 0.5) is 0 Å². The maximum Gasteiger partial charge on any atom is 0.258 e. The Morgan fingerprint density at radius 1 is 1.12 bits per heavy atom. The lowest BCUT2D eigenvalue weighted by molar-refractivity contribution is -0.123. The van der Waals surface area contributed by atoms with Crippen molar-refractivity contribution in [3.05, 3.63) is 59.7 Å². The molecule has 0 aliphatic carbocycles. The van der Waals surface area contributed by atoms with Crippen molar-refractivity contribution < 1.29 is 14.3 Å². The van der Waals surface area contributed by atoms with Crippen LogP contribution in [0.1, 0.15) is 24.1 Å². The van der Waals surface area contributed by atoms with Crippen LogP contribution in [-0.2, 0) is 11.2 Å². The summed E-state index contributed by atoms with van der Waals surface area (Å²) >= 11 is 0. The van der Waals surface area contributed by atoms with Gasteiger partial charge in [-0.2, -0.15) is 0 Å². The van der Waals surface area contributed by atoms with E-state index in [0.29, 0.717) is 6.54 Å². The molecule has 1 N–H and O–H groups in total. The molecule has 0 aliphatic rings. The van der Waals surface area contributed by atoms with Crippen molar-refractivity contribution in [2.45, 2.75) is 19.4 Å².